The number of amides is 2. The Balaban J connectivity index is 0.000000189. The van der Waals surface area contributed by atoms with Gasteiger partial charge in [0.05, 0.1) is 10.0 Å². The summed E-state index contributed by atoms with van der Waals surface area (Å²) in [5.74, 6) is 0. The van der Waals surface area contributed by atoms with Gasteiger partial charge >= 0.3 is 6.03 Å². The van der Waals surface area contributed by atoms with Gasteiger partial charge < -0.3 is 15.1 Å². The molecule has 0 atom stereocenters. The number of likely N-dealkylation sites (tertiary alicyclic amines) is 1. The minimum absolute atomic E-state index is 0.0958. The molecule has 5 nitrogen and oxygen atoms in total. The number of likely N-dealkylation sites (N-methyl/N-ethyl adjacent to an activating group) is 1. The van der Waals surface area contributed by atoms with E-state index in [0.717, 1.165) is 32.7 Å². The van der Waals surface area contributed by atoms with Crippen LogP contribution in [0.1, 0.15) is 24.8 Å². The van der Waals surface area contributed by atoms with E-state index in [1.807, 2.05) is 7.05 Å². The van der Waals surface area contributed by atoms with Crippen LogP contribution in [0.2, 0.25) is 10.0 Å². The Morgan fingerprint density at radius 1 is 0.909 bits per heavy atom. The molecule has 2 amide bonds. The third kappa shape index (κ3) is 9.01. The van der Waals surface area contributed by atoms with Gasteiger partial charge in [-0.15, -0.1) is 0 Å². The highest BCUT2D eigenvalue weighted by Gasteiger charge is 2.19. The molecule has 0 radical (unpaired) electrons. The minimum Gasteiger partial charge on any atom is -0.322 e. The number of nitrogens with zero attached hydrogens (tertiary/aromatic N) is 3. The molecule has 0 spiro atoms. The number of rotatable bonds is 4. The van der Waals surface area contributed by atoms with Crippen LogP contribution in [-0.2, 0) is 0 Å². The smallest absolute Gasteiger partial charge is 0.321 e. The molecule has 2 aliphatic heterocycles. The third-order valence-corrected chi connectivity index (χ3v) is 6.62. The number of hydrogen-bond acceptors (Lipinski definition) is 3. The Labute approximate surface area is 207 Å². The molecule has 7 heteroatoms. The molecule has 1 N–H and O–H groups in total. The van der Waals surface area contributed by atoms with Crippen molar-refractivity contribution in [3.63, 3.8) is 0 Å². The summed E-state index contributed by atoms with van der Waals surface area (Å²) in [6.45, 7) is 6.93. The third-order valence-electron chi connectivity index (χ3n) is 5.88. The fourth-order valence-electron chi connectivity index (χ4n) is 3.83. The molecule has 0 aliphatic carbocycles. The summed E-state index contributed by atoms with van der Waals surface area (Å²) in [4.78, 5) is 18.5. The number of carbonyl (C=O) groups is 1. The zero-order valence-corrected chi connectivity index (χ0v) is 20.9. The van der Waals surface area contributed by atoms with E-state index in [4.69, 9.17) is 23.2 Å². The van der Waals surface area contributed by atoms with Crippen LogP contribution in [0.4, 0.5) is 10.5 Å². The molecule has 2 aromatic rings. The maximum atomic E-state index is 12.0. The molecule has 2 saturated heterocycles. The van der Waals surface area contributed by atoms with Gasteiger partial charge in [-0.2, -0.15) is 0 Å². The maximum Gasteiger partial charge on any atom is 0.321 e. The number of piperidine rings is 1. The van der Waals surface area contributed by atoms with E-state index in [0.29, 0.717) is 15.7 Å². The van der Waals surface area contributed by atoms with E-state index in [-0.39, 0.29) is 6.03 Å². The Bertz CT molecular complexity index is 892. The van der Waals surface area contributed by atoms with Gasteiger partial charge in [-0.1, -0.05) is 72.1 Å². The molecular weight excluding hydrogens is 455 g/mol. The quantitative estimate of drug-likeness (QED) is 0.576. The Kier molecular flexibility index (Phi) is 10.5. The van der Waals surface area contributed by atoms with Gasteiger partial charge in [0.2, 0.25) is 0 Å². The molecular formula is C26H34Cl2N4O. The Morgan fingerprint density at radius 2 is 1.61 bits per heavy atom. The van der Waals surface area contributed by atoms with Crippen LogP contribution in [0, 0.1) is 0 Å². The van der Waals surface area contributed by atoms with Gasteiger partial charge in [0.15, 0.2) is 0 Å². The predicted molar refractivity (Wildman–Crippen MR) is 140 cm³/mol. The number of carbonyl (C=O) groups excluding carboxylic acids is 1. The number of piperazine rings is 1. The summed E-state index contributed by atoms with van der Waals surface area (Å²) in [5.41, 5.74) is 1.96. The second-order valence-corrected chi connectivity index (χ2v) is 9.34. The second kappa shape index (κ2) is 13.6. The molecule has 0 saturated carbocycles. The normalized spacial score (nSPS) is 17.5. The molecule has 0 unspecified atom stereocenters. The SMILES string of the molecule is C(=C\c1ccccc1)/CN1CCCCC1.CN1CCN(C(=O)Nc2ccc(Cl)c(Cl)c2)CC1. The van der Waals surface area contributed by atoms with Crippen molar-refractivity contribution in [3.8, 4) is 0 Å². The van der Waals surface area contributed by atoms with Crippen molar-refractivity contribution in [2.75, 3.05) is 58.2 Å². The van der Waals surface area contributed by atoms with E-state index in [1.165, 1.54) is 37.9 Å². The zero-order chi connectivity index (χ0) is 23.5. The van der Waals surface area contributed by atoms with Crippen molar-refractivity contribution in [1.29, 1.82) is 0 Å². The van der Waals surface area contributed by atoms with Crippen LogP contribution >= 0.6 is 23.2 Å². The molecule has 2 aliphatic rings. The van der Waals surface area contributed by atoms with Crippen molar-refractivity contribution < 1.29 is 4.79 Å². The first-order chi connectivity index (χ1) is 16.0. The fourth-order valence-corrected chi connectivity index (χ4v) is 4.13. The number of anilines is 1. The van der Waals surface area contributed by atoms with Crippen molar-refractivity contribution in [1.82, 2.24) is 14.7 Å². The highest BCUT2D eigenvalue weighted by atomic mass is 35.5. The molecule has 2 heterocycles. The van der Waals surface area contributed by atoms with Crippen LogP contribution in [0.3, 0.4) is 0 Å². The molecule has 4 rings (SSSR count). The van der Waals surface area contributed by atoms with E-state index >= 15 is 0 Å². The summed E-state index contributed by atoms with van der Waals surface area (Å²) in [5, 5.41) is 3.74. The number of benzene rings is 2. The maximum absolute atomic E-state index is 12.0. The average Bonchev–Trinajstić information content (AvgIpc) is 2.84. The molecule has 2 aromatic carbocycles. The first-order valence-electron chi connectivity index (χ1n) is 11.6. The lowest BCUT2D eigenvalue weighted by Gasteiger charge is -2.32. The highest BCUT2D eigenvalue weighted by molar-refractivity contribution is 6.42. The standard InChI is InChI=1S/C14H19N.C12H15Cl2N3O/c1-3-8-14(9-4-1)10-7-13-15-11-5-2-6-12-15;1-16-4-6-17(7-5-16)12(18)15-9-2-3-10(13)11(14)8-9/h1,3-4,7-10H,2,5-6,11-13H2;2-3,8H,4-7H2,1H3,(H,15,18)/b10-7+;. The summed E-state index contributed by atoms with van der Waals surface area (Å²) in [7, 11) is 2.05. The Hall–Kier alpha value is -2.05. The highest BCUT2D eigenvalue weighted by Crippen LogP contribution is 2.25. The second-order valence-electron chi connectivity index (χ2n) is 8.52. The first-order valence-corrected chi connectivity index (χ1v) is 12.4. The number of halogens is 2. The van der Waals surface area contributed by atoms with Gasteiger partial charge in [0.25, 0.3) is 0 Å². The van der Waals surface area contributed by atoms with Crippen LogP contribution in [0.5, 0.6) is 0 Å². The van der Waals surface area contributed by atoms with Gasteiger partial charge in [-0.25, -0.2) is 4.79 Å². The predicted octanol–water partition coefficient (Wildman–Crippen LogP) is 5.96. The summed E-state index contributed by atoms with van der Waals surface area (Å²) >= 11 is 11.7. The van der Waals surface area contributed by atoms with Crippen molar-refractivity contribution in [2.24, 2.45) is 0 Å². The van der Waals surface area contributed by atoms with Crippen LogP contribution in [0.25, 0.3) is 6.08 Å². The molecule has 33 heavy (non-hydrogen) atoms. The number of urea groups is 1. The fraction of sp³-hybridized carbons (Fsp3) is 0.423. The summed E-state index contributed by atoms with van der Waals surface area (Å²) < 4.78 is 0. The minimum atomic E-state index is -0.0958. The van der Waals surface area contributed by atoms with Gasteiger partial charge in [0.1, 0.15) is 0 Å². The van der Waals surface area contributed by atoms with Crippen LogP contribution in [0.15, 0.2) is 54.6 Å². The lowest BCUT2D eigenvalue weighted by molar-refractivity contribution is 0.164. The largest absolute Gasteiger partial charge is 0.322 e. The van der Waals surface area contributed by atoms with Gasteiger partial charge in [-0.3, -0.25) is 4.90 Å². The lowest BCUT2D eigenvalue weighted by Crippen LogP contribution is -2.48. The average molecular weight is 489 g/mol. The lowest BCUT2D eigenvalue weighted by atomic mass is 10.1. The van der Waals surface area contributed by atoms with E-state index < -0.39 is 0 Å². The first kappa shape index (κ1) is 25.6. The number of nitrogens with one attached hydrogen (secondary N) is 1. The number of hydrogen-bond donors (Lipinski definition) is 1. The zero-order valence-electron chi connectivity index (χ0n) is 19.4. The van der Waals surface area contributed by atoms with Gasteiger partial charge in [0, 0.05) is 38.4 Å². The van der Waals surface area contributed by atoms with E-state index in [2.05, 4.69) is 57.6 Å². The van der Waals surface area contributed by atoms with Crippen LogP contribution in [-0.4, -0.2) is 73.6 Å². The van der Waals surface area contributed by atoms with E-state index in [1.54, 1.807) is 23.1 Å². The van der Waals surface area contributed by atoms with Crippen molar-refractivity contribution in [3.05, 3.63) is 70.2 Å². The van der Waals surface area contributed by atoms with Crippen LogP contribution < -0.4 is 5.32 Å². The topological polar surface area (TPSA) is 38.8 Å². The van der Waals surface area contributed by atoms with Crippen molar-refractivity contribution >= 4 is 41.0 Å². The molecule has 0 bridgehead atoms. The summed E-state index contributed by atoms with van der Waals surface area (Å²) in [6.07, 6.45) is 8.66. The summed E-state index contributed by atoms with van der Waals surface area (Å²) in [6, 6.07) is 15.5. The molecule has 178 valence electrons. The molecule has 0 aromatic heterocycles. The Morgan fingerprint density at radius 3 is 2.27 bits per heavy atom. The molecule has 2 fully saturated rings. The monoisotopic (exact) mass is 488 g/mol. The van der Waals surface area contributed by atoms with E-state index in [9.17, 15) is 4.79 Å². The van der Waals surface area contributed by atoms with Crippen molar-refractivity contribution in [2.45, 2.75) is 19.3 Å². The van der Waals surface area contributed by atoms with Gasteiger partial charge in [-0.05, 0) is 56.7 Å².